The van der Waals surface area contributed by atoms with Crippen LogP contribution in [-0.2, 0) is 0 Å². The van der Waals surface area contributed by atoms with E-state index < -0.39 is 0 Å². The van der Waals surface area contributed by atoms with E-state index in [1.165, 1.54) is 25.9 Å². The maximum absolute atomic E-state index is 5.91. The van der Waals surface area contributed by atoms with E-state index in [1.54, 1.807) is 0 Å². The smallest absolute Gasteiger partial charge is 0.0238 e. The summed E-state index contributed by atoms with van der Waals surface area (Å²) in [6.45, 7) is 5.88. The number of nitrogens with zero attached hydrogens (tertiary/aromatic N) is 2. The number of rotatable bonds is 1. The van der Waals surface area contributed by atoms with Gasteiger partial charge in [0.15, 0.2) is 0 Å². The third-order valence-corrected chi connectivity index (χ3v) is 3.64. The molecule has 2 rings (SSSR count). The van der Waals surface area contributed by atoms with Gasteiger partial charge < -0.3 is 10.6 Å². The Morgan fingerprint density at radius 2 is 2.08 bits per heavy atom. The van der Waals surface area contributed by atoms with Crippen LogP contribution in [0.1, 0.15) is 19.8 Å². The highest BCUT2D eigenvalue weighted by Gasteiger charge is 2.33. The van der Waals surface area contributed by atoms with Crippen LogP contribution < -0.4 is 5.73 Å². The van der Waals surface area contributed by atoms with Crippen LogP contribution in [-0.4, -0.2) is 54.6 Å². The summed E-state index contributed by atoms with van der Waals surface area (Å²) in [5, 5.41) is 0. The van der Waals surface area contributed by atoms with Crippen molar-refractivity contribution in [2.45, 2.75) is 37.9 Å². The molecule has 2 N–H and O–H groups in total. The van der Waals surface area contributed by atoms with E-state index in [0.717, 1.165) is 18.6 Å². The highest BCUT2D eigenvalue weighted by atomic mass is 15.3. The first-order valence-electron chi connectivity index (χ1n) is 5.36. The summed E-state index contributed by atoms with van der Waals surface area (Å²) >= 11 is 0. The minimum Gasteiger partial charge on any atom is -0.326 e. The standard InChI is InChI=1S/C10H21N3/c1-8-5-10(7-12(8)2)13-4-3-9(11)6-13/h8-10H,3-7,11H2,1-2H3. The third kappa shape index (κ3) is 1.87. The quantitative estimate of drug-likeness (QED) is 0.626. The molecule has 0 saturated carbocycles. The molecule has 2 saturated heterocycles. The molecule has 2 aliphatic rings. The van der Waals surface area contributed by atoms with E-state index in [-0.39, 0.29) is 0 Å². The van der Waals surface area contributed by atoms with Gasteiger partial charge in [-0.05, 0) is 26.8 Å². The van der Waals surface area contributed by atoms with Gasteiger partial charge in [-0.15, -0.1) is 0 Å². The van der Waals surface area contributed by atoms with Crippen molar-refractivity contribution in [2.75, 3.05) is 26.7 Å². The van der Waals surface area contributed by atoms with Gasteiger partial charge in [0.2, 0.25) is 0 Å². The zero-order valence-electron chi connectivity index (χ0n) is 8.74. The lowest BCUT2D eigenvalue weighted by Gasteiger charge is -2.22. The molecule has 2 heterocycles. The van der Waals surface area contributed by atoms with Crippen molar-refractivity contribution in [1.82, 2.24) is 9.80 Å². The van der Waals surface area contributed by atoms with E-state index in [1.807, 2.05) is 0 Å². The number of hydrogen-bond acceptors (Lipinski definition) is 3. The second-order valence-electron chi connectivity index (χ2n) is 4.72. The second-order valence-corrected chi connectivity index (χ2v) is 4.72. The Hall–Kier alpha value is -0.120. The van der Waals surface area contributed by atoms with E-state index in [4.69, 9.17) is 5.73 Å². The maximum atomic E-state index is 5.91. The predicted molar refractivity (Wildman–Crippen MR) is 54.7 cm³/mol. The number of likely N-dealkylation sites (N-methyl/N-ethyl adjacent to an activating group) is 1. The van der Waals surface area contributed by atoms with Crippen molar-refractivity contribution in [2.24, 2.45) is 5.73 Å². The zero-order valence-corrected chi connectivity index (χ0v) is 8.74. The lowest BCUT2D eigenvalue weighted by Crippen LogP contribution is -2.37. The van der Waals surface area contributed by atoms with Crippen LogP contribution in [0.3, 0.4) is 0 Å². The van der Waals surface area contributed by atoms with Crippen molar-refractivity contribution in [1.29, 1.82) is 0 Å². The molecule has 3 unspecified atom stereocenters. The zero-order chi connectivity index (χ0) is 9.42. The average molecular weight is 183 g/mol. The largest absolute Gasteiger partial charge is 0.326 e. The average Bonchev–Trinajstić information content (AvgIpc) is 2.61. The predicted octanol–water partition coefficient (Wildman–Crippen LogP) is 0.112. The maximum Gasteiger partial charge on any atom is 0.0238 e. The first-order valence-corrected chi connectivity index (χ1v) is 5.36. The summed E-state index contributed by atoms with van der Waals surface area (Å²) in [5.41, 5.74) is 5.91. The van der Waals surface area contributed by atoms with Crippen LogP contribution in [0.4, 0.5) is 0 Å². The number of nitrogens with two attached hydrogens (primary N) is 1. The summed E-state index contributed by atoms with van der Waals surface area (Å²) in [4.78, 5) is 5.03. The van der Waals surface area contributed by atoms with Crippen molar-refractivity contribution >= 4 is 0 Å². The Kier molecular flexibility index (Phi) is 2.58. The molecule has 0 spiro atoms. The first kappa shape index (κ1) is 9.44. The molecule has 2 fully saturated rings. The molecule has 0 amide bonds. The summed E-state index contributed by atoms with van der Waals surface area (Å²) < 4.78 is 0. The Bertz CT molecular complexity index is 173. The van der Waals surface area contributed by atoms with Gasteiger partial charge in [-0.2, -0.15) is 0 Å². The molecule has 0 aliphatic carbocycles. The Morgan fingerprint density at radius 1 is 1.31 bits per heavy atom. The first-order chi connectivity index (χ1) is 6.16. The van der Waals surface area contributed by atoms with E-state index in [9.17, 15) is 0 Å². The van der Waals surface area contributed by atoms with Gasteiger partial charge in [0.25, 0.3) is 0 Å². The summed E-state index contributed by atoms with van der Waals surface area (Å²) in [6.07, 6.45) is 2.51. The van der Waals surface area contributed by atoms with Gasteiger partial charge in [-0.1, -0.05) is 0 Å². The Balaban J connectivity index is 1.89. The molecule has 0 radical (unpaired) electrons. The minimum atomic E-state index is 0.432. The van der Waals surface area contributed by atoms with Crippen molar-refractivity contribution in [3.05, 3.63) is 0 Å². The molecule has 13 heavy (non-hydrogen) atoms. The van der Waals surface area contributed by atoms with Gasteiger partial charge in [0, 0.05) is 37.8 Å². The SMILES string of the molecule is CC1CC(N2CCC(N)C2)CN1C. The van der Waals surface area contributed by atoms with Crippen LogP contribution in [0.25, 0.3) is 0 Å². The summed E-state index contributed by atoms with van der Waals surface area (Å²) in [5.74, 6) is 0. The fourth-order valence-electron chi connectivity index (χ4n) is 2.57. The lowest BCUT2D eigenvalue weighted by atomic mass is 10.2. The molecule has 3 nitrogen and oxygen atoms in total. The van der Waals surface area contributed by atoms with Crippen LogP contribution in [0.15, 0.2) is 0 Å². The van der Waals surface area contributed by atoms with Crippen LogP contribution in [0.5, 0.6) is 0 Å². The van der Waals surface area contributed by atoms with E-state index in [0.29, 0.717) is 6.04 Å². The molecule has 0 aromatic rings. The fraction of sp³-hybridized carbons (Fsp3) is 1.00. The Morgan fingerprint density at radius 3 is 2.54 bits per heavy atom. The van der Waals surface area contributed by atoms with Crippen molar-refractivity contribution < 1.29 is 0 Å². The van der Waals surface area contributed by atoms with E-state index in [2.05, 4.69) is 23.8 Å². The lowest BCUT2D eigenvalue weighted by molar-refractivity contribution is 0.239. The topological polar surface area (TPSA) is 32.5 Å². The minimum absolute atomic E-state index is 0.432. The van der Waals surface area contributed by atoms with Crippen molar-refractivity contribution in [3.63, 3.8) is 0 Å². The molecule has 2 aliphatic heterocycles. The normalized spacial score (nSPS) is 43.2. The molecular formula is C10H21N3. The molecule has 3 heteroatoms. The van der Waals surface area contributed by atoms with Gasteiger partial charge in [0.05, 0.1) is 0 Å². The van der Waals surface area contributed by atoms with Gasteiger partial charge >= 0.3 is 0 Å². The fourth-order valence-corrected chi connectivity index (χ4v) is 2.57. The van der Waals surface area contributed by atoms with Gasteiger partial charge in [-0.3, -0.25) is 4.90 Å². The van der Waals surface area contributed by atoms with Crippen molar-refractivity contribution in [3.8, 4) is 0 Å². The number of hydrogen-bond donors (Lipinski definition) is 1. The molecular weight excluding hydrogens is 162 g/mol. The van der Waals surface area contributed by atoms with Crippen LogP contribution in [0.2, 0.25) is 0 Å². The van der Waals surface area contributed by atoms with Crippen LogP contribution in [0, 0.1) is 0 Å². The second kappa shape index (κ2) is 3.56. The monoisotopic (exact) mass is 183 g/mol. The van der Waals surface area contributed by atoms with Gasteiger partial charge in [-0.25, -0.2) is 0 Å². The number of likely N-dealkylation sites (tertiary alicyclic amines) is 2. The Labute approximate surface area is 80.9 Å². The molecule has 0 aromatic heterocycles. The van der Waals surface area contributed by atoms with E-state index >= 15 is 0 Å². The molecule has 0 aromatic carbocycles. The molecule has 76 valence electrons. The van der Waals surface area contributed by atoms with Crippen LogP contribution >= 0.6 is 0 Å². The highest BCUT2D eigenvalue weighted by molar-refractivity contribution is 4.91. The third-order valence-electron chi connectivity index (χ3n) is 3.64. The molecule has 3 atom stereocenters. The summed E-state index contributed by atoms with van der Waals surface area (Å²) in [6, 6.07) is 1.96. The molecule has 0 bridgehead atoms. The summed E-state index contributed by atoms with van der Waals surface area (Å²) in [7, 11) is 2.22. The van der Waals surface area contributed by atoms with Gasteiger partial charge in [0.1, 0.15) is 0 Å². The highest BCUT2D eigenvalue weighted by Crippen LogP contribution is 2.23.